The zero-order valence-corrected chi connectivity index (χ0v) is 17.6. The molecule has 0 saturated carbocycles. The maximum absolute atomic E-state index is 6.11. The Bertz CT molecular complexity index is 1190. The van der Waals surface area contributed by atoms with Gasteiger partial charge in [0.25, 0.3) is 0 Å². The van der Waals surface area contributed by atoms with Crippen molar-refractivity contribution in [3.05, 3.63) is 54.6 Å². The Hall–Kier alpha value is -3.43. The van der Waals surface area contributed by atoms with Gasteiger partial charge in [-0.05, 0) is 30.7 Å². The summed E-state index contributed by atoms with van der Waals surface area (Å²) in [5.41, 5.74) is 3.94. The largest absolute Gasteiger partial charge is 0.489 e. The number of fused-ring (bicyclic) bond motifs is 1. The van der Waals surface area contributed by atoms with Crippen LogP contribution in [0.1, 0.15) is 5.69 Å². The van der Waals surface area contributed by atoms with E-state index in [2.05, 4.69) is 31.9 Å². The molecule has 0 amide bonds. The Labute approximate surface area is 180 Å². The highest BCUT2D eigenvalue weighted by atomic mass is 16.5. The van der Waals surface area contributed by atoms with Gasteiger partial charge < -0.3 is 20.1 Å². The summed E-state index contributed by atoms with van der Waals surface area (Å²) in [5, 5.41) is 15.5. The van der Waals surface area contributed by atoms with Crippen LogP contribution in [-0.4, -0.2) is 56.8 Å². The summed E-state index contributed by atoms with van der Waals surface area (Å²) in [7, 11) is 1.88. The summed E-state index contributed by atoms with van der Waals surface area (Å²) in [6.07, 6.45) is 5.66. The van der Waals surface area contributed by atoms with Crippen LogP contribution >= 0.6 is 0 Å². The van der Waals surface area contributed by atoms with Gasteiger partial charge in [-0.25, -0.2) is 4.52 Å². The van der Waals surface area contributed by atoms with Gasteiger partial charge in [0.05, 0.1) is 18.3 Å². The molecular weight excluding hydrogens is 394 g/mol. The molecule has 1 atom stereocenters. The van der Waals surface area contributed by atoms with Crippen molar-refractivity contribution < 1.29 is 9.47 Å². The van der Waals surface area contributed by atoms with E-state index in [-0.39, 0.29) is 6.10 Å². The molecule has 0 bridgehead atoms. The lowest BCUT2D eigenvalue weighted by Gasteiger charge is -2.24. The van der Waals surface area contributed by atoms with Crippen LogP contribution in [0, 0.1) is 6.92 Å². The van der Waals surface area contributed by atoms with E-state index < -0.39 is 0 Å². The minimum absolute atomic E-state index is 0.0421. The molecule has 5 rings (SSSR count). The van der Waals surface area contributed by atoms with E-state index in [0.717, 1.165) is 52.8 Å². The van der Waals surface area contributed by atoms with Crippen LogP contribution < -0.4 is 15.4 Å². The zero-order chi connectivity index (χ0) is 21.2. The molecule has 0 unspecified atom stereocenters. The van der Waals surface area contributed by atoms with Crippen molar-refractivity contribution in [3.63, 3.8) is 0 Å². The number of hydrogen-bond donors (Lipinski definition) is 2. The van der Waals surface area contributed by atoms with Crippen molar-refractivity contribution in [3.8, 4) is 16.9 Å². The predicted octanol–water partition coefficient (Wildman–Crippen LogP) is 2.55. The third-order valence-corrected chi connectivity index (χ3v) is 5.18. The molecule has 1 saturated heterocycles. The maximum Gasteiger partial charge on any atom is 0.154 e. The predicted molar refractivity (Wildman–Crippen MR) is 118 cm³/mol. The van der Waals surface area contributed by atoms with E-state index in [1.165, 1.54) is 0 Å². The van der Waals surface area contributed by atoms with Crippen molar-refractivity contribution in [2.24, 2.45) is 7.05 Å². The molecule has 31 heavy (non-hydrogen) atoms. The number of aromatic nitrogens is 5. The molecule has 0 aliphatic carbocycles. The van der Waals surface area contributed by atoms with Gasteiger partial charge in [-0.15, -0.1) is 0 Å². The van der Waals surface area contributed by atoms with Crippen LogP contribution in [0.25, 0.3) is 16.6 Å². The number of morpholine rings is 1. The summed E-state index contributed by atoms with van der Waals surface area (Å²) >= 11 is 0. The number of hydrogen-bond acceptors (Lipinski definition) is 7. The van der Waals surface area contributed by atoms with Crippen molar-refractivity contribution in [2.45, 2.75) is 13.0 Å². The first kappa shape index (κ1) is 19.5. The van der Waals surface area contributed by atoms with Crippen LogP contribution in [0.2, 0.25) is 0 Å². The number of pyridine rings is 2. The van der Waals surface area contributed by atoms with Gasteiger partial charge in [-0.1, -0.05) is 0 Å². The monoisotopic (exact) mass is 419 g/mol. The first-order chi connectivity index (χ1) is 15.1. The molecule has 9 nitrogen and oxygen atoms in total. The minimum atomic E-state index is 0.0421. The maximum atomic E-state index is 6.11. The summed E-state index contributed by atoms with van der Waals surface area (Å²) < 4.78 is 15.4. The van der Waals surface area contributed by atoms with Gasteiger partial charge in [-0.2, -0.15) is 10.2 Å². The lowest BCUT2D eigenvalue weighted by atomic mass is 10.1. The van der Waals surface area contributed by atoms with E-state index >= 15 is 0 Å². The van der Waals surface area contributed by atoms with Gasteiger partial charge in [0, 0.05) is 55.9 Å². The van der Waals surface area contributed by atoms with Crippen LogP contribution in [0.15, 0.2) is 48.9 Å². The topological polar surface area (TPSA) is 90.5 Å². The van der Waals surface area contributed by atoms with E-state index in [1.807, 2.05) is 55.1 Å². The molecule has 0 aromatic carbocycles. The van der Waals surface area contributed by atoms with Crippen molar-refractivity contribution in [1.82, 2.24) is 29.7 Å². The number of aryl methyl sites for hydroxylation is 2. The van der Waals surface area contributed by atoms with E-state index in [1.54, 1.807) is 10.9 Å². The highest BCUT2D eigenvalue weighted by Gasteiger charge is 2.16. The summed E-state index contributed by atoms with van der Waals surface area (Å²) in [6.45, 7) is 4.85. The van der Waals surface area contributed by atoms with Gasteiger partial charge >= 0.3 is 0 Å². The van der Waals surface area contributed by atoms with E-state index in [0.29, 0.717) is 13.2 Å². The second-order valence-corrected chi connectivity index (χ2v) is 7.64. The molecule has 160 valence electrons. The fourth-order valence-corrected chi connectivity index (χ4v) is 3.63. The average molecular weight is 419 g/mol. The van der Waals surface area contributed by atoms with E-state index in [4.69, 9.17) is 9.47 Å². The molecule has 9 heteroatoms. The smallest absolute Gasteiger partial charge is 0.154 e. The zero-order valence-electron chi connectivity index (χ0n) is 17.6. The van der Waals surface area contributed by atoms with Crippen LogP contribution in [0.4, 0.5) is 11.6 Å². The summed E-state index contributed by atoms with van der Waals surface area (Å²) in [5.74, 6) is 2.24. The number of rotatable bonds is 6. The fraction of sp³-hybridized carbons (Fsp3) is 0.318. The Kier molecular flexibility index (Phi) is 5.27. The van der Waals surface area contributed by atoms with Gasteiger partial charge in [0.2, 0.25) is 0 Å². The number of anilines is 2. The van der Waals surface area contributed by atoms with Crippen LogP contribution in [-0.2, 0) is 11.8 Å². The quantitative estimate of drug-likeness (QED) is 0.496. The minimum Gasteiger partial charge on any atom is -0.489 e. The van der Waals surface area contributed by atoms with Gasteiger partial charge in [-0.3, -0.25) is 9.67 Å². The molecule has 1 fully saturated rings. The SMILES string of the molecule is Cc1cc(-c2ccn3nc(Nc4ccn(C)n4)cc3c2)c(OC[C@@H]2CNCCO2)cn1. The lowest BCUT2D eigenvalue weighted by molar-refractivity contribution is 0.000245. The van der Waals surface area contributed by atoms with Crippen LogP contribution in [0.5, 0.6) is 5.75 Å². The molecule has 1 aliphatic heterocycles. The van der Waals surface area contributed by atoms with E-state index in [9.17, 15) is 0 Å². The average Bonchev–Trinajstić information content (AvgIpc) is 3.38. The number of nitrogens with one attached hydrogen (secondary N) is 2. The molecule has 4 aromatic rings. The lowest BCUT2D eigenvalue weighted by Crippen LogP contribution is -2.41. The first-order valence-corrected chi connectivity index (χ1v) is 10.3. The molecule has 4 aromatic heterocycles. The highest BCUT2D eigenvalue weighted by Crippen LogP contribution is 2.31. The van der Waals surface area contributed by atoms with Gasteiger partial charge in [0.15, 0.2) is 11.6 Å². The molecule has 0 radical (unpaired) electrons. The standard InChI is InChI=1S/C22H25N7O2/c1-15-9-19(20(13-24-15)31-14-18-12-23-5-8-30-18)16-3-7-29-17(10-16)11-22(27-29)25-21-4-6-28(2)26-21/h3-4,6-7,9-11,13,18,23H,5,8,12,14H2,1-2H3,(H,25,26,27)/t18-/m0/s1. The Morgan fingerprint density at radius 3 is 2.94 bits per heavy atom. The number of ether oxygens (including phenoxy) is 2. The molecule has 5 heterocycles. The molecule has 0 spiro atoms. The fourth-order valence-electron chi connectivity index (χ4n) is 3.63. The van der Waals surface area contributed by atoms with Crippen LogP contribution in [0.3, 0.4) is 0 Å². The molecule has 1 aliphatic rings. The van der Waals surface area contributed by atoms with Crippen molar-refractivity contribution in [2.75, 3.05) is 31.6 Å². The Morgan fingerprint density at radius 1 is 1.19 bits per heavy atom. The normalized spacial score (nSPS) is 16.5. The van der Waals surface area contributed by atoms with Crippen molar-refractivity contribution in [1.29, 1.82) is 0 Å². The third-order valence-electron chi connectivity index (χ3n) is 5.18. The number of nitrogens with zero attached hydrogens (tertiary/aromatic N) is 5. The Balaban J connectivity index is 1.40. The highest BCUT2D eigenvalue weighted by molar-refractivity contribution is 5.75. The van der Waals surface area contributed by atoms with Crippen molar-refractivity contribution >= 4 is 17.2 Å². The molecular formula is C22H25N7O2. The summed E-state index contributed by atoms with van der Waals surface area (Å²) in [4.78, 5) is 4.43. The second-order valence-electron chi connectivity index (χ2n) is 7.64. The Morgan fingerprint density at radius 2 is 2.13 bits per heavy atom. The summed E-state index contributed by atoms with van der Waals surface area (Å²) in [6, 6.07) is 10.1. The molecule has 2 N–H and O–H groups in total. The second kappa shape index (κ2) is 8.37. The first-order valence-electron chi connectivity index (χ1n) is 10.3. The van der Waals surface area contributed by atoms with Gasteiger partial charge in [0.1, 0.15) is 18.5 Å². The third kappa shape index (κ3) is 4.37.